The van der Waals surface area contributed by atoms with Crippen molar-refractivity contribution in [1.29, 1.82) is 0 Å². The third-order valence-electron chi connectivity index (χ3n) is 4.35. The van der Waals surface area contributed by atoms with Crippen molar-refractivity contribution in [3.8, 4) is 0 Å². The molecule has 2 amide bonds. The van der Waals surface area contributed by atoms with Crippen molar-refractivity contribution in [1.82, 2.24) is 5.32 Å². The van der Waals surface area contributed by atoms with Crippen LogP contribution in [-0.2, 0) is 19.1 Å². The quantitative estimate of drug-likeness (QED) is 0.531. The topological polar surface area (TPSA) is 84.5 Å². The molecule has 2 N–H and O–H groups in total. The van der Waals surface area contributed by atoms with E-state index in [1.165, 1.54) is 12.8 Å². The Kier molecular flexibility index (Phi) is 7.63. The van der Waals surface area contributed by atoms with Gasteiger partial charge in [-0.15, -0.1) is 0 Å². The summed E-state index contributed by atoms with van der Waals surface area (Å²) in [5.41, 5.74) is -0.550. The van der Waals surface area contributed by atoms with E-state index in [0.717, 1.165) is 25.3 Å². The molecule has 0 radical (unpaired) electrons. The Bertz CT molecular complexity index is 706. The van der Waals surface area contributed by atoms with Crippen LogP contribution in [0.1, 0.15) is 38.5 Å². The van der Waals surface area contributed by atoms with Gasteiger partial charge in [0.15, 0.2) is 24.1 Å². The normalized spacial score (nSPS) is 14.0. The second kappa shape index (κ2) is 9.94. The highest BCUT2D eigenvalue weighted by atomic mass is 19.2. The standard InChI is InChI=1S/C18H21F3N2O4/c19-12-6-7-13(18(21)17(12)20)23-14(24)9-22-15(25)10-27-16(26)8-5-11-3-1-2-4-11/h6-7,11H,1-5,8-10H2,(H,22,25)(H,23,24). The molecule has 1 aliphatic rings. The minimum atomic E-state index is -1.71. The van der Waals surface area contributed by atoms with Gasteiger partial charge in [0, 0.05) is 6.42 Å². The maximum absolute atomic E-state index is 13.4. The van der Waals surface area contributed by atoms with Crippen LogP contribution in [0.3, 0.4) is 0 Å². The van der Waals surface area contributed by atoms with Crippen LogP contribution in [0.15, 0.2) is 12.1 Å². The first-order valence-electron chi connectivity index (χ1n) is 8.72. The number of amides is 2. The molecule has 0 atom stereocenters. The monoisotopic (exact) mass is 386 g/mol. The second-order valence-corrected chi connectivity index (χ2v) is 6.40. The molecule has 0 bridgehead atoms. The average molecular weight is 386 g/mol. The fraction of sp³-hybridized carbons (Fsp3) is 0.500. The van der Waals surface area contributed by atoms with Crippen molar-refractivity contribution in [2.24, 2.45) is 5.92 Å². The largest absolute Gasteiger partial charge is 0.456 e. The number of rotatable bonds is 8. The Morgan fingerprint density at radius 2 is 1.74 bits per heavy atom. The Balaban J connectivity index is 1.65. The molecule has 0 saturated heterocycles. The first kappa shape index (κ1) is 20.7. The molecule has 1 saturated carbocycles. The molecule has 148 valence electrons. The van der Waals surface area contributed by atoms with Crippen LogP contribution in [-0.4, -0.2) is 30.9 Å². The smallest absolute Gasteiger partial charge is 0.306 e. The fourth-order valence-electron chi connectivity index (χ4n) is 2.89. The molecule has 0 heterocycles. The van der Waals surface area contributed by atoms with E-state index in [9.17, 15) is 27.6 Å². The third-order valence-corrected chi connectivity index (χ3v) is 4.35. The summed E-state index contributed by atoms with van der Waals surface area (Å²) in [7, 11) is 0. The number of carbonyl (C=O) groups excluding carboxylic acids is 3. The molecular weight excluding hydrogens is 365 g/mol. The summed E-state index contributed by atoms with van der Waals surface area (Å²) in [5, 5.41) is 4.19. The minimum Gasteiger partial charge on any atom is -0.456 e. The van der Waals surface area contributed by atoms with E-state index in [1.807, 2.05) is 5.32 Å². The van der Waals surface area contributed by atoms with E-state index in [2.05, 4.69) is 5.32 Å². The molecule has 2 rings (SSSR count). The van der Waals surface area contributed by atoms with Crippen LogP contribution in [0.4, 0.5) is 18.9 Å². The van der Waals surface area contributed by atoms with Crippen molar-refractivity contribution < 1.29 is 32.3 Å². The first-order valence-corrected chi connectivity index (χ1v) is 8.72. The Morgan fingerprint density at radius 1 is 1.04 bits per heavy atom. The lowest BCUT2D eigenvalue weighted by Crippen LogP contribution is -2.35. The van der Waals surface area contributed by atoms with Crippen LogP contribution in [0.2, 0.25) is 0 Å². The molecule has 1 aromatic rings. The van der Waals surface area contributed by atoms with Gasteiger partial charge in [0.25, 0.3) is 5.91 Å². The van der Waals surface area contributed by atoms with Crippen LogP contribution in [0, 0.1) is 23.4 Å². The van der Waals surface area contributed by atoms with Gasteiger partial charge in [0.1, 0.15) is 0 Å². The molecule has 0 spiro atoms. The zero-order valence-electron chi connectivity index (χ0n) is 14.7. The Hall–Kier alpha value is -2.58. The van der Waals surface area contributed by atoms with Gasteiger partial charge in [-0.05, 0) is 24.5 Å². The highest BCUT2D eigenvalue weighted by molar-refractivity contribution is 5.94. The number of hydrogen-bond acceptors (Lipinski definition) is 4. The minimum absolute atomic E-state index is 0.244. The van der Waals surface area contributed by atoms with Gasteiger partial charge in [0.2, 0.25) is 5.91 Å². The lowest BCUT2D eigenvalue weighted by molar-refractivity contribution is -0.148. The summed E-state index contributed by atoms with van der Waals surface area (Å²) in [6.07, 6.45) is 5.57. The second-order valence-electron chi connectivity index (χ2n) is 6.40. The maximum atomic E-state index is 13.4. The fourth-order valence-corrected chi connectivity index (χ4v) is 2.89. The highest BCUT2D eigenvalue weighted by Crippen LogP contribution is 2.28. The van der Waals surface area contributed by atoms with Gasteiger partial charge in [0.05, 0.1) is 12.2 Å². The maximum Gasteiger partial charge on any atom is 0.306 e. The van der Waals surface area contributed by atoms with E-state index in [-0.39, 0.29) is 6.42 Å². The summed E-state index contributed by atoms with van der Waals surface area (Å²) >= 11 is 0. The van der Waals surface area contributed by atoms with Crippen LogP contribution in [0.5, 0.6) is 0 Å². The number of hydrogen-bond donors (Lipinski definition) is 2. The SMILES string of the molecule is O=C(COC(=O)CCC1CCCC1)NCC(=O)Nc1ccc(F)c(F)c1F. The average Bonchev–Trinajstić information content (AvgIpc) is 3.17. The summed E-state index contributed by atoms with van der Waals surface area (Å²) in [5.74, 6) is -6.12. The van der Waals surface area contributed by atoms with Crippen molar-refractivity contribution in [3.05, 3.63) is 29.6 Å². The van der Waals surface area contributed by atoms with Crippen molar-refractivity contribution in [2.75, 3.05) is 18.5 Å². The van der Waals surface area contributed by atoms with Crippen LogP contribution in [0.25, 0.3) is 0 Å². The summed E-state index contributed by atoms with van der Waals surface area (Å²) in [6.45, 7) is -1.08. The number of esters is 1. The zero-order chi connectivity index (χ0) is 19.8. The lowest BCUT2D eigenvalue weighted by Gasteiger charge is -2.10. The molecule has 1 aromatic carbocycles. The van der Waals surface area contributed by atoms with Crippen LogP contribution >= 0.6 is 0 Å². The van der Waals surface area contributed by atoms with Crippen molar-refractivity contribution in [2.45, 2.75) is 38.5 Å². The Morgan fingerprint density at radius 3 is 2.44 bits per heavy atom. The Labute approximate surface area is 154 Å². The first-order chi connectivity index (χ1) is 12.9. The van der Waals surface area contributed by atoms with E-state index in [4.69, 9.17) is 4.74 Å². The number of nitrogens with one attached hydrogen (secondary N) is 2. The summed E-state index contributed by atoms with van der Waals surface area (Å²) in [6, 6.07) is 1.53. The van der Waals surface area contributed by atoms with Gasteiger partial charge in [-0.2, -0.15) is 0 Å². The van der Waals surface area contributed by atoms with Gasteiger partial charge in [-0.25, -0.2) is 13.2 Å². The molecule has 27 heavy (non-hydrogen) atoms. The number of halogens is 3. The number of benzene rings is 1. The highest BCUT2D eigenvalue weighted by Gasteiger charge is 2.18. The third kappa shape index (κ3) is 6.58. The molecule has 1 fully saturated rings. The molecule has 9 heteroatoms. The van der Waals surface area contributed by atoms with E-state index in [0.29, 0.717) is 12.0 Å². The molecule has 0 aromatic heterocycles. The van der Waals surface area contributed by atoms with Gasteiger partial charge in [-0.1, -0.05) is 25.7 Å². The predicted octanol–water partition coefficient (Wildman–Crippen LogP) is 2.67. The van der Waals surface area contributed by atoms with Gasteiger partial charge < -0.3 is 15.4 Å². The van der Waals surface area contributed by atoms with Crippen molar-refractivity contribution in [3.63, 3.8) is 0 Å². The van der Waals surface area contributed by atoms with E-state index in [1.54, 1.807) is 0 Å². The number of carbonyl (C=O) groups is 3. The summed E-state index contributed by atoms with van der Waals surface area (Å²) < 4.78 is 44.2. The molecule has 1 aliphatic carbocycles. The number of ether oxygens (including phenoxy) is 1. The molecular formula is C18H21F3N2O4. The van der Waals surface area contributed by atoms with Crippen LogP contribution < -0.4 is 10.6 Å². The molecule has 0 unspecified atom stereocenters. The lowest BCUT2D eigenvalue weighted by atomic mass is 10.0. The zero-order valence-corrected chi connectivity index (χ0v) is 14.7. The van der Waals surface area contributed by atoms with Gasteiger partial charge >= 0.3 is 5.97 Å². The molecule has 6 nitrogen and oxygen atoms in total. The van der Waals surface area contributed by atoms with E-state index < -0.39 is 54.1 Å². The van der Waals surface area contributed by atoms with E-state index >= 15 is 0 Å². The summed E-state index contributed by atoms with van der Waals surface area (Å²) in [4.78, 5) is 34.8. The van der Waals surface area contributed by atoms with Gasteiger partial charge in [-0.3, -0.25) is 14.4 Å². The van der Waals surface area contributed by atoms with Crippen molar-refractivity contribution >= 4 is 23.5 Å². The predicted molar refractivity (Wildman–Crippen MR) is 90.1 cm³/mol. The molecule has 0 aliphatic heterocycles. The number of anilines is 1.